The van der Waals surface area contributed by atoms with Gasteiger partial charge in [0.1, 0.15) is 10.7 Å². The Kier molecular flexibility index (Phi) is 5.35. The number of amides is 2. The van der Waals surface area contributed by atoms with E-state index < -0.39 is 21.7 Å². The Morgan fingerprint density at radius 3 is 2.47 bits per heavy atom. The molecule has 0 unspecified atom stereocenters. The average molecular weight is 443 g/mol. The van der Waals surface area contributed by atoms with Gasteiger partial charge in [0, 0.05) is 42.7 Å². The first-order chi connectivity index (χ1) is 14.4. The largest absolute Gasteiger partial charge is 0.291 e. The smallest absolute Gasteiger partial charge is 0.267 e. The van der Waals surface area contributed by atoms with Crippen molar-refractivity contribution in [3.05, 3.63) is 65.4 Å². The van der Waals surface area contributed by atoms with E-state index in [1.165, 1.54) is 33.5 Å². The number of hydrazine groups is 1. The van der Waals surface area contributed by atoms with Crippen molar-refractivity contribution in [1.29, 1.82) is 0 Å². The van der Waals surface area contributed by atoms with Crippen molar-refractivity contribution in [2.24, 2.45) is 0 Å². The summed E-state index contributed by atoms with van der Waals surface area (Å²) in [7, 11) is -3.59. The van der Waals surface area contributed by atoms with Crippen molar-refractivity contribution >= 4 is 33.0 Å². The van der Waals surface area contributed by atoms with E-state index in [-0.39, 0.29) is 16.2 Å². The Morgan fingerprint density at radius 2 is 1.77 bits per heavy atom. The highest BCUT2D eigenvalue weighted by Gasteiger charge is 2.34. The Bertz CT molecular complexity index is 1210. The number of rotatable bonds is 4. The summed E-state index contributed by atoms with van der Waals surface area (Å²) in [4.78, 5) is 34.6. The van der Waals surface area contributed by atoms with E-state index in [0.717, 1.165) is 11.8 Å². The van der Waals surface area contributed by atoms with Gasteiger partial charge < -0.3 is 0 Å². The second kappa shape index (κ2) is 7.96. The number of aromatic nitrogens is 2. The zero-order chi connectivity index (χ0) is 21.3. The molecule has 0 saturated carbocycles. The van der Waals surface area contributed by atoms with Gasteiger partial charge in [-0.25, -0.2) is 23.4 Å². The van der Waals surface area contributed by atoms with Crippen LogP contribution in [0.15, 0.2) is 59.1 Å². The van der Waals surface area contributed by atoms with E-state index >= 15 is 0 Å². The monoisotopic (exact) mass is 442 g/mol. The molecule has 2 amide bonds. The third kappa shape index (κ3) is 3.83. The molecule has 1 aliphatic heterocycles. The van der Waals surface area contributed by atoms with Crippen LogP contribution in [0.1, 0.15) is 27.3 Å². The lowest BCUT2D eigenvalue weighted by Gasteiger charge is -2.27. The number of thiazole rings is 1. The summed E-state index contributed by atoms with van der Waals surface area (Å²) in [5.74, 6) is -0.923. The summed E-state index contributed by atoms with van der Waals surface area (Å²) < 4.78 is 24.2. The van der Waals surface area contributed by atoms with Gasteiger partial charge in [0.2, 0.25) is 0 Å². The van der Waals surface area contributed by atoms with E-state index in [2.05, 4.69) is 9.97 Å². The lowest BCUT2D eigenvalue weighted by atomic mass is 10.2. The number of hydrogen-bond acceptors (Lipinski definition) is 7. The average Bonchev–Trinajstić information content (AvgIpc) is 3.43. The van der Waals surface area contributed by atoms with Crippen LogP contribution in [0.3, 0.4) is 0 Å². The molecule has 1 aromatic carbocycles. The molecule has 0 radical (unpaired) electrons. The van der Waals surface area contributed by atoms with Crippen LogP contribution < -0.4 is 0 Å². The van der Waals surface area contributed by atoms with Crippen molar-refractivity contribution in [3.63, 3.8) is 0 Å². The number of benzene rings is 1. The van der Waals surface area contributed by atoms with Crippen molar-refractivity contribution < 1.29 is 18.0 Å². The topological polar surface area (TPSA) is 101 Å². The van der Waals surface area contributed by atoms with Gasteiger partial charge in [0.15, 0.2) is 9.84 Å². The highest BCUT2D eigenvalue weighted by Crippen LogP contribution is 2.26. The van der Waals surface area contributed by atoms with E-state index in [1.807, 2.05) is 6.07 Å². The lowest BCUT2D eigenvalue weighted by Crippen LogP contribution is -2.45. The molecule has 1 aliphatic rings. The summed E-state index contributed by atoms with van der Waals surface area (Å²) in [6.45, 7) is 0.674. The summed E-state index contributed by atoms with van der Waals surface area (Å²) in [5, 5.41) is 4.94. The first-order valence-electron chi connectivity index (χ1n) is 9.15. The molecule has 2 aromatic heterocycles. The van der Waals surface area contributed by atoms with E-state index in [1.54, 1.807) is 36.0 Å². The fraction of sp³-hybridized carbons (Fsp3) is 0.200. The Balaban J connectivity index is 1.61. The predicted octanol–water partition coefficient (Wildman–Crippen LogP) is 2.51. The van der Waals surface area contributed by atoms with Gasteiger partial charge in [-0.3, -0.25) is 14.6 Å². The molecule has 10 heteroatoms. The molecule has 3 aromatic rings. The third-order valence-electron chi connectivity index (χ3n) is 4.65. The fourth-order valence-corrected chi connectivity index (χ4v) is 4.93. The molecular formula is C20H18N4O4S2. The molecule has 0 atom stereocenters. The molecule has 4 rings (SSSR count). The maximum atomic E-state index is 13.1. The van der Waals surface area contributed by atoms with Gasteiger partial charge >= 0.3 is 0 Å². The molecule has 0 spiro atoms. The Morgan fingerprint density at radius 1 is 1.03 bits per heavy atom. The second-order valence-corrected chi connectivity index (χ2v) is 9.60. The number of nitrogens with zero attached hydrogens (tertiary/aromatic N) is 4. The van der Waals surface area contributed by atoms with Gasteiger partial charge in [0.05, 0.1) is 10.5 Å². The van der Waals surface area contributed by atoms with Crippen LogP contribution >= 0.6 is 11.3 Å². The maximum absolute atomic E-state index is 13.1. The van der Waals surface area contributed by atoms with Gasteiger partial charge in [-0.05, 0) is 30.7 Å². The van der Waals surface area contributed by atoms with Crippen LogP contribution in [-0.4, -0.2) is 59.6 Å². The molecule has 0 aliphatic carbocycles. The molecule has 154 valence electrons. The first-order valence-corrected chi connectivity index (χ1v) is 11.9. The van der Waals surface area contributed by atoms with Crippen LogP contribution in [0.4, 0.5) is 0 Å². The number of hydrogen-bond donors (Lipinski definition) is 0. The first kappa shape index (κ1) is 20.2. The number of sulfone groups is 1. The van der Waals surface area contributed by atoms with Crippen molar-refractivity contribution in [2.45, 2.75) is 11.3 Å². The number of carbonyl (C=O) groups is 2. The standard InChI is InChI=1S/C20H18N4O4S2/c1-30(27,28)17-8-3-2-7-15(17)19(25)23-10-5-11-24(23)20(26)16-13-29-18(22-16)14-6-4-9-21-12-14/h2-4,6-9,12-13H,5,10-11H2,1H3. The van der Waals surface area contributed by atoms with Crippen LogP contribution in [0, 0.1) is 0 Å². The number of carbonyl (C=O) groups excluding carboxylic acids is 2. The van der Waals surface area contributed by atoms with E-state index in [0.29, 0.717) is 24.5 Å². The molecule has 3 heterocycles. The van der Waals surface area contributed by atoms with Crippen molar-refractivity contribution in [3.8, 4) is 10.6 Å². The van der Waals surface area contributed by atoms with Crippen LogP contribution in [0.5, 0.6) is 0 Å². The van der Waals surface area contributed by atoms with Gasteiger partial charge in [-0.2, -0.15) is 0 Å². The predicted molar refractivity (Wildman–Crippen MR) is 112 cm³/mol. The second-order valence-electron chi connectivity index (χ2n) is 6.76. The number of pyridine rings is 1. The summed E-state index contributed by atoms with van der Waals surface area (Å²) in [5.41, 5.74) is 1.09. The van der Waals surface area contributed by atoms with Crippen molar-refractivity contribution in [2.75, 3.05) is 19.3 Å². The van der Waals surface area contributed by atoms with Gasteiger partial charge in [-0.1, -0.05) is 12.1 Å². The Labute approximate surface area is 177 Å². The molecule has 0 N–H and O–H groups in total. The molecule has 1 fully saturated rings. The molecule has 8 nitrogen and oxygen atoms in total. The molecular weight excluding hydrogens is 424 g/mol. The zero-order valence-electron chi connectivity index (χ0n) is 16.1. The highest BCUT2D eigenvalue weighted by atomic mass is 32.2. The maximum Gasteiger partial charge on any atom is 0.291 e. The summed E-state index contributed by atoms with van der Waals surface area (Å²) in [6, 6.07) is 9.67. The minimum atomic E-state index is -3.59. The minimum absolute atomic E-state index is 0.0500. The fourth-order valence-electron chi connectivity index (χ4n) is 3.27. The zero-order valence-corrected chi connectivity index (χ0v) is 17.7. The van der Waals surface area contributed by atoms with Gasteiger partial charge in [-0.15, -0.1) is 11.3 Å². The normalized spacial score (nSPS) is 14.2. The molecule has 1 saturated heterocycles. The van der Waals surface area contributed by atoms with Crippen LogP contribution in [0.2, 0.25) is 0 Å². The van der Waals surface area contributed by atoms with E-state index in [4.69, 9.17) is 0 Å². The molecule has 30 heavy (non-hydrogen) atoms. The SMILES string of the molecule is CS(=O)(=O)c1ccccc1C(=O)N1CCCN1C(=O)c1csc(-c2cccnc2)n1. The summed E-state index contributed by atoms with van der Waals surface area (Å²) >= 11 is 1.32. The summed E-state index contributed by atoms with van der Waals surface area (Å²) in [6.07, 6.45) is 4.98. The molecule has 0 bridgehead atoms. The van der Waals surface area contributed by atoms with Crippen LogP contribution in [0.25, 0.3) is 10.6 Å². The van der Waals surface area contributed by atoms with Gasteiger partial charge in [0.25, 0.3) is 11.8 Å². The quantitative estimate of drug-likeness (QED) is 0.615. The minimum Gasteiger partial charge on any atom is -0.267 e. The van der Waals surface area contributed by atoms with Crippen LogP contribution in [-0.2, 0) is 9.84 Å². The Hall–Kier alpha value is -3.11. The van der Waals surface area contributed by atoms with E-state index in [9.17, 15) is 18.0 Å². The third-order valence-corrected chi connectivity index (χ3v) is 6.70. The lowest BCUT2D eigenvalue weighted by molar-refractivity contribution is 0.0180. The highest BCUT2D eigenvalue weighted by molar-refractivity contribution is 7.90. The van der Waals surface area contributed by atoms with Crippen molar-refractivity contribution in [1.82, 2.24) is 20.0 Å².